The number of nitriles is 1. The van der Waals surface area contributed by atoms with Gasteiger partial charge in [-0.2, -0.15) is 5.26 Å². The summed E-state index contributed by atoms with van der Waals surface area (Å²) in [7, 11) is 0. The first-order valence-electron chi connectivity index (χ1n) is 4.95. The van der Waals surface area contributed by atoms with E-state index in [-0.39, 0.29) is 10.2 Å². The van der Waals surface area contributed by atoms with E-state index in [1.807, 2.05) is 36.4 Å². The first-order chi connectivity index (χ1) is 7.16. The Balaban J connectivity index is 2.20. The van der Waals surface area contributed by atoms with Crippen LogP contribution in [0.3, 0.4) is 0 Å². The number of benzene rings is 1. The van der Waals surface area contributed by atoms with Crippen LogP contribution in [0.1, 0.15) is 13.3 Å². The molecule has 1 nitrogen and oxygen atoms in total. The number of thioether (sulfide) groups is 1. The van der Waals surface area contributed by atoms with Crippen LogP contribution < -0.4 is 0 Å². The third-order valence-corrected chi connectivity index (χ3v) is 4.64. The number of nitrogens with zero attached hydrogens (tertiary/aromatic N) is 1. The lowest BCUT2D eigenvalue weighted by molar-refractivity contribution is 0.722. The van der Waals surface area contributed by atoms with E-state index in [0.29, 0.717) is 0 Å². The Morgan fingerprint density at radius 2 is 2.13 bits per heavy atom. The maximum absolute atomic E-state index is 9.27. The molecule has 2 unspecified atom stereocenters. The SMILES string of the molecule is C=CC1(C)CC1(C#N)Sc1ccccc1. The topological polar surface area (TPSA) is 23.8 Å². The molecule has 2 atom stereocenters. The largest absolute Gasteiger partial charge is 0.197 e. The monoisotopic (exact) mass is 215 g/mol. The molecule has 1 aromatic carbocycles. The lowest BCUT2D eigenvalue weighted by Gasteiger charge is -2.11. The maximum atomic E-state index is 9.27. The minimum absolute atomic E-state index is 0.0255. The standard InChI is InChI=1S/C13H13NS/c1-3-12(2)9-13(12,10-14)15-11-7-5-4-6-8-11/h3-8H,1,9H2,2H3. The van der Waals surface area contributed by atoms with E-state index in [1.54, 1.807) is 11.8 Å². The summed E-state index contributed by atoms with van der Waals surface area (Å²) in [6.07, 6.45) is 2.81. The van der Waals surface area contributed by atoms with Crippen LogP contribution >= 0.6 is 11.8 Å². The number of allylic oxidation sites excluding steroid dienone is 1. The van der Waals surface area contributed by atoms with Crippen molar-refractivity contribution in [3.63, 3.8) is 0 Å². The van der Waals surface area contributed by atoms with Crippen LogP contribution in [-0.4, -0.2) is 4.75 Å². The average molecular weight is 215 g/mol. The summed E-state index contributed by atoms with van der Waals surface area (Å²) < 4.78 is -0.296. The van der Waals surface area contributed by atoms with Gasteiger partial charge in [-0.05, 0) is 18.6 Å². The van der Waals surface area contributed by atoms with Gasteiger partial charge in [0.05, 0.1) is 6.07 Å². The van der Waals surface area contributed by atoms with E-state index in [1.165, 1.54) is 0 Å². The van der Waals surface area contributed by atoms with Gasteiger partial charge in [-0.15, -0.1) is 18.3 Å². The second-order valence-electron chi connectivity index (χ2n) is 4.15. The van der Waals surface area contributed by atoms with Crippen molar-refractivity contribution in [3.8, 4) is 6.07 Å². The van der Waals surface area contributed by atoms with Gasteiger partial charge in [0.25, 0.3) is 0 Å². The third-order valence-electron chi connectivity index (χ3n) is 3.08. The number of hydrogen-bond donors (Lipinski definition) is 0. The molecule has 0 heterocycles. The molecule has 0 aliphatic heterocycles. The smallest absolute Gasteiger partial charge is 0.117 e. The molecule has 1 fully saturated rings. The fourth-order valence-electron chi connectivity index (χ4n) is 1.74. The van der Waals surface area contributed by atoms with Crippen molar-refractivity contribution in [1.29, 1.82) is 5.26 Å². The van der Waals surface area contributed by atoms with Gasteiger partial charge in [-0.25, -0.2) is 0 Å². The van der Waals surface area contributed by atoms with Crippen molar-refractivity contribution in [2.45, 2.75) is 23.0 Å². The van der Waals surface area contributed by atoms with Crippen LogP contribution in [-0.2, 0) is 0 Å². The molecule has 0 saturated heterocycles. The highest BCUT2D eigenvalue weighted by atomic mass is 32.2. The molecule has 76 valence electrons. The zero-order valence-corrected chi connectivity index (χ0v) is 9.55. The summed E-state index contributed by atoms with van der Waals surface area (Å²) in [5, 5.41) is 9.27. The molecule has 0 N–H and O–H groups in total. The highest BCUT2D eigenvalue weighted by Gasteiger charge is 2.64. The zero-order chi connectivity index (χ0) is 10.9. The van der Waals surface area contributed by atoms with Crippen molar-refractivity contribution in [3.05, 3.63) is 43.0 Å². The Morgan fingerprint density at radius 3 is 2.60 bits per heavy atom. The van der Waals surface area contributed by atoms with Crippen molar-refractivity contribution in [1.82, 2.24) is 0 Å². The molecule has 2 heteroatoms. The first-order valence-corrected chi connectivity index (χ1v) is 5.76. The second-order valence-corrected chi connectivity index (χ2v) is 5.52. The summed E-state index contributed by atoms with van der Waals surface area (Å²) in [5.41, 5.74) is -0.0255. The molecule has 2 rings (SSSR count). The van der Waals surface area contributed by atoms with Crippen molar-refractivity contribution in [2.75, 3.05) is 0 Å². The summed E-state index contributed by atoms with van der Waals surface area (Å²) in [6, 6.07) is 12.5. The van der Waals surface area contributed by atoms with E-state index >= 15 is 0 Å². The average Bonchev–Trinajstić information content (AvgIpc) is 2.87. The normalized spacial score (nSPS) is 33.1. The van der Waals surface area contributed by atoms with Crippen LogP contribution in [0.2, 0.25) is 0 Å². The Kier molecular flexibility index (Phi) is 2.36. The lowest BCUT2D eigenvalue weighted by atomic mass is 10.1. The van der Waals surface area contributed by atoms with Gasteiger partial charge in [0.2, 0.25) is 0 Å². The van der Waals surface area contributed by atoms with Gasteiger partial charge in [-0.1, -0.05) is 31.2 Å². The predicted octanol–water partition coefficient (Wildman–Crippen LogP) is 3.64. The molecular formula is C13H13NS. The van der Waals surface area contributed by atoms with Crippen LogP contribution in [0.15, 0.2) is 47.9 Å². The van der Waals surface area contributed by atoms with Crippen LogP contribution in [0.5, 0.6) is 0 Å². The fourth-order valence-corrected chi connectivity index (χ4v) is 3.17. The van der Waals surface area contributed by atoms with Crippen molar-refractivity contribution >= 4 is 11.8 Å². The quantitative estimate of drug-likeness (QED) is 0.719. The molecule has 1 aromatic rings. The Labute approximate surface area is 94.8 Å². The molecule has 1 saturated carbocycles. The van der Waals surface area contributed by atoms with Crippen LogP contribution in [0.25, 0.3) is 0 Å². The molecule has 1 aliphatic carbocycles. The van der Waals surface area contributed by atoms with Crippen LogP contribution in [0.4, 0.5) is 0 Å². The van der Waals surface area contributed by atoms with Crippen LogP contribution in [0, 0.1) is 16.7 Å². The number of hydrogen-bond acceptors (Lipinski definition) is 2. The molecule has 1 aliphatic rings. The van der Waals surface area contributed by atoms with Crippen molar-refractivity contribution < 1.29 is 0 Å². The highest BCUT2D eigenvalue weighted by Crippen LogP contribution is 2.66. The molecule has 0 aromatic heterocycles. The minimum Gasteiger partial charge on any atom is -0.197 e. The lowest BCUT2D eigenvalue weighted by Crippen LogP contribution is -2.09. The zero-order valence-electron chi connectivity index (χ0n) is 8.73. The van der Waals surface area contributed by atoms with Gasteiger partial charge in [0, 0.05) is 10.3 Å². The van der Waals surface area contributed by atoms with E-state index in [4.69, 9.17) is 0 Å². The molecular weight excluding hydrogens is 202 g/mol. The van der Waals surface area contributed by atoms with Gasteiger partial charge in [0.1, 0.15) is 4.75 Å². The third kappa shape index (κ3) is 1.57. The summed E-state index contributed by atoms with van der Waals surface area (Å²) in [4.78, 5) is 1.16. The summed E-state index contributed by atoms with van der Waals surface area (Å²) >= 11 is 1.66. The van der Waals surface area contributed by atoms with Crippen molar-refractivity contribution in [2.24, 2.45) is 5.41 Å². The Bertz CT molecular complexity index is 420. The summed E-state index contributed by atoms with van der Waals surface area (Å²) in [6.45, 7) is 5.91. The maximum Gasteiger partial charge on any atom is 0.117 e. The molecule has 0 amide bonds. The van der Waals surface area contributed by atoms with Gasteiger partial charge in [0.15, 0.2) is 0 Å². The molecule has 15 heavy (non-hydrogen) atoms. The van der Waals surface area contributed by atoms with Gasteiger partial charge < -0.3 is 0 Å². The van der Waals surface area contributed by atoms with E-state index in [2.05, 4.69) is 19.6 Å². The van der Waals surface area contributed by atoms with Gasteiger partial charge in [-0.3, -0.25) is 0 Å². The first kappa shape index (κ1) is 10.3. The van der Waals surface area contributed by atoms with E-state index < -0.39 is 0 Å². The Morgan fingerprint density at radius 1 is 1.47 bits per heavy atom. The Hall–Kier alpha value is -1.20. The summed E-state index contributed by atoms with van der Waals surface area (Å²) in [5.74, 6) is 0. The molecule has 0 spiro atoms. The van der Waals surface area contributed by atoms with E-state index in [0.717, 1.165) is 11.3 Å². The predicted molar refractivity (Wildman–Crippen MR) is 63.6 cm³/mol. The second kappa shape index (κ2) is 3.43. The van der Waals surface area contributed by atoms with E-state index in [9.17, 15) is 5.26 Å². The molecule has 0 bridgehead atoms. The van der Waals surface area contributed by atoms with Gasteiger partial charge >= 0.3 is 0 Å². The fraction of sp³-hybridized carbons (Fsp3) is 0.308. The number of rotatable bonds is 3. The molecule has 0 radical (unpaired) electrons. The minimum atomic E-state index is -0.296. The highest BCUT2D eigenvalue weighted by molar-refractivity contribution is 8.01.